The Morgan fingerprint density at radius 1 is 1.00 bits per heavy atom. The fourth-order valence-corrected chi connectivity index (χ4v) is 4.23. The summed E-state index contributed by atoms with van der Waals surface area (Å²) < 4.78 is 1.93. The summed E-state index contributed by atoms with van der Waals surface area (Å²) >= 11 is 1.34. The number of nitrogens with zero attached hydrogens (tertiary/aromatic N) is 3. The van der Waals surface area contributed by atoms with Gasteiger partial charge in [-0.1, -0.05) is 55.1 Å². The van der Waals surface area contributed by atoms with Crippen LogP contribution in [0.1, 0.15) is 18.1 Å². The maximum Gasteiger partial charge on any atom is 0.234 e. The van der Waals surface area contributed by atoms with Crippen LogP contribution in [0.3, 0.4) is 0 Å². The van der Waals surface area contributed by atoms with Crippen LogP contribution in [0.15, 0.2) is 78.0 Å². The van der Waals surface area contributed by atoms with Gasteiger partial charge in [0.15, 0.2) is 11.0 Å². The second kappa shape index (κ2) is 9.70. The zero-order valence-electron chi connectivity index (χ0n) is 17.9. The number of hydrogen-bond acceptors (Lipinski definition) is 5. The van der Waals surface area contributed by atoms with Crippen LogP contribution in [-0.4, -0.2) is 31.5 Å². The van der Waals surface area contributed by atoms with E-state index in [-0.39, 0.29) is 17.4 Å². The maximum absolute atomic E-state index is 12.8. The van der Waals surface area contributed by atoms with E-state index in [0.29, 0.717) is 11.0 Å². The van der Waals surface area contributed by atoms with Gasteiger partial charge in [0.2, 0.25) is 5.91 Å². The van der Waals surface area contributed by atoms with Crippen LogP contribution in [0.5, 0.6) is 5.75 Å². The average Bonchev–Trinajstić information content (AvgIpc) is 3.24. The van der Waals surface area contributed by atoms with Crippen molar-refractivity contribution in [2.24, 2.45) is 0 Å². The Labute approximate surface area is 191 Å². The van der Waals surface area contributed by atoms with Crippen LogP contribution in [0, 0.1) is 6.92 Å². The molecule has 0 radical (unpaired) electrons. The summed E-state index contributed by atoms with van der Waals surface area (Å²) in [6.45, 7) is 4.07. The van der Waals surface area contributed by atoms with Gasteiger partial charge in [0.25, 0.3) is 0 Å². The van der Waals surface area contributed by atoms with Gasteiger partial charge in [-0.15, -0.1) is 10.2 Å². The molecule has 162 valence electrons. The van der Waals surface area contributed by atoms with E-state index in [1.165, 1.54) is 11.8 Å². The van der Waals surface area contributed by atoms with Gasteiger partial charge in [-0.05, 0) is 60.9 Å². The minimum absolute atomic E-state index is 0.0900. The van der Waals surface area contributed by atoms with Crippen LogP contribution in [0.4, 0.5) is 5.69 Å². The fraction of sp³-hybridized carbons (Fsp3) is 0.160. The van der Waals surface area contributed by atoms with Crippen LogP contribution in [0.2, 0.25) is 0 Å². The third kappa shape index (κ3) is 4.68. The number of aryl methyl sites for hydroxylation is 2. The summed E-state index contributed by atoms with van der Waals surface area (Å²) in [5, 5.41) is 22.0. The van der Waals surface area contributed by atoms with E-state index in [1.54, 1.807) is 24.3 Å². The molecule has 6 nitrogen and oxygen atoms in total. The molecule has 0 saturated carbocycles. The molecule has 1 heterocycles. The lowest BCUT2D eigenvalue weighted by atomic mass is 10.1. The first kappa shape index (κ1) is 21.6. The number of phenols is 1. The van der Waals surface area contributed by atoms with Crippen molar-refractivity contribution in [3.8, 4) is 22.8 Å². The summed E-state index contributed by atoms with van der Waals surface area (Å²) in [7, 11) is 0. The molecule has 0 aliphatic carbocycles. The van der Waals surface area contributed by atoms with Crippen LogP contribution in [-0.2, 0) is 11.2 Å². The number of carbonyl (C=O) groups is 1. The highest BCUT2D eigenvalue weighted by molar-refractivity contribution is 7.99. The highest BCUT2D eigenvalue weighted by Crippen LogP contribution is 2.29. The Morgan fingerprint density at radius 2 is 1.75 bits per heavy atom. The summed E-state index contributed by atoms with van der Waals surface area (Å²) in [6.07, 6.45) is 0.850. The minimum atomic E-state index is -0.0900. The number of rotatable bonds is 7. The molecular formula is C25H24N4O2S. The maximum atomic E-state index is 12.8. The molecule has 0 saturated heterocycles. The molecule has 7 heteroatoms. The Balaban J connectivity index is 1.59. The van der Waals surface area contributed by atoms with Gasteiger partial charge in [-0.2, -0.15) is 0 Å². The molecule has 4 rings (SSSR count). The van der Waals surface area contributed by atoms with Gasteiger partial charge in [-0.25, -0.2) is 0 Å². The van der Waals surface area contributed by atoms with Crippen LogP contribution in [0.25, 0.3) is 17.1 Å². The van der Waals surface area contributed by atoms with Gasteiger partial charge in [-0.3, -0.25) is 9.36 Å². The Morgan fingerprint density at radius 3 is 2.47 bits per heavy atom. The molecule has 1 aromatic heterocycles. The van der Waals surface area contributed by atoms with Crippen molar-refractivity contribution in [2.45, 2.75) is 25.4 Å². The van der Waals surface area contributed by atoms with E-state index in [1.807, 2.05) is 60.0 Å². The topological polar surface area (TPSA) is 80.0 Å². The molecule has 3 aromatic carbocycles. The average molecular weight is 445 g/mol. The predicted octanol–water partition coefficient (Wildman–Crippen LogP) is 5.24. The summed E-state index contributed by atoms with van der Waals surface area (Å²) in [5.74, 6) is 0.949. The minimum Gasteiger partial charge on any atom is -0.508 e. The third-order valence-electron chi connectivity index (χ3n) is 5.11. The molecule has 0 aliphatic heterocycles. The largest absolute Gasteiger partial charge is 0.508 e. The number of nitrogens with one attached hydrogen (secondary N) is 1. The predicted molar refractivity (Wildman–Crippen MR) is 128 cm³/mol. The first-order valence-electron chi connectivity index (χ1n) is 10.4. The highest BCUT2D eigenvalue weighted by atomic mass is 32.2. The number of para-hydroxylation sites is 2. The van der Waals surface area contributed by atoms with Crippen molar-refractivity contribution in [2.75, 3.05) is 11.1 Å². The zero-order valence-corrected chi connectivity index (χ0v) is 18.8. The van der Waals surface area contributed by atoms with Gasteiger partial charge >= 0.3 is 0 Å². The van der Waals surface area contributed by atoms with Crippen molar-refractivity contribution in [1.82, 2.24) is 14.8 Å². The number of aromatic nitrogens is 3. The monoisotopic (exact) mass is 444 g/mol. The number of carbonyl (C=O) groups excluding carboxylic acids is 1. The van der Waals surface area contributed by atoms with E-state index < -0.39 is 0 Å². The van der Waals surface area contributed by atoms with Gasteiger partial charge in [0, 0.05) is 16.9 Å². The summed E-state index contributed by atoms with van der Waals surface area (Å²) in [5.41, 5.74) is 4.77. The lowest BCUT2D eigenvalue weighted by molar-refractivity contribution is -0.113. The summed E-state index contributed by atoms with van der Waals surface area (Å²) in [6, 6.07) is 22.6. The van der Waals surface area contributed by atoms with Crippen molar-refractivity contribution < 1.29 is 9.90 Å². The number of amides is 1. The lowest BCUT2D eigenvalue weighted by Crippen LogP contribution is -2.16. The molecule has 0 fully saturated rings. The van der Waals surface area contributed by atoms with Crippen molar-refractivity contribution in [3.63, 3.8) is 0 Å². The first-order chi connectivity index (χ1) is 15.6. The molecule has 0 unspecified atom stereocenters. The molecule has 0 aliphatic rings. The highest BCUT2D eigenvalue weighted by Gasteiger charge is 2.18. The molecule has 0 bridgehead atoms. The smallest absolute Gasteiger partial charge is 0.234 e. The summed E-state index contributed by atoms with van der Waals surface area (Å²) in [4.78, 5) is 12.8. The standard InChI is InChI=1S/C25H24N4O2S/c1-3-18-9-7-8-17(2)23(18)26-22(31)16-32-25-28-27-24(19-12-14-21(30)15-13-19)29(25)20-10-5-4-6-11-20/h4-15,30H,3,16H2,1-2H3,(H,26,31). The number of anilines is 1. The van der Waals surface area contributed by atoms with E-state index in [2.05, 4.69) is 22.4 Å². The first-order valence-corrected chi connectivity index (χ1v) is 11.4. The zero-order chi connectivity index (χ0) is 22.5. The quantitative estimate of drug-likeness (QED) is 0.381. The number of thioether (sulfide) groups is 1. The van der Waals surface area contributed by atoms with Crippen LogP contribution < -0.4 is 5.32 Å². The van der Waals surface area contributed by atoms with Crippen molar-refractivity contribution >= 4 is 23.4 Å². The van der Waals surface area contributed by atoms with Gasteiger partial charge in [0.1, 0.15) is 5.75 Å². The van der Waals surface area contributed by atoms with E-state index >= 15 is 0 Å². The van der Waals surface area contributed by atoms with Crippen molar-refractivity contribution in [1.29, 1.82) is 0 Å². The molecule has 32 heavy (non-hydrogen) atoms. The molecule has 0 spiro atoms. The van der Waals surface area contributed by atoms with Crippen molar-refractivity contribution in [3.05, 3.63) is 83.9 Å². The molecule has 0 atom stereocenters. The fourth-order valence-electron chi connectivity index (χ4n) is 3.48. The Hall–Kier alpha value is -3.58. The molecule has 1 amide bonds. The lowest BCUT2D eigenvalue weighted by Gasteiger charge is -2.13. The molecular weight excluding hydrogens is 420 g/mol. The second-order valence-corrected chi connectivity index (χ2v) is 8.27. The normalized spacial score (nSPS) is 10.8. The van der Waals surface area contributed by atoms with Gasteiger partial charge in [0.05, 0.1) is 5.75 Å². The molecule has 4 aromatic rings. The molecule has 2 N–H and O–H groups in total. The van der Waals surface area contributed by atoms with E-state index in [9.17, 15) is 9.90 Å². The Kier molecular flexibility index (Phi) is 6.56. The second-order valence-electron chi connectivity index (χ2n) is 7.32. The van der Waals surface area contributed by atoms with E-state index in [4.69, 9.17) is 0 Å². The van der Waals surface area contributed by atoms with Crippen LogP contribution >= 0.6 is 11.8 Å². The SMILES string of the molecule is CCc1cccc(C)c1NC(=O)CSc1nnc(-c2ccc(O)cc2)n1-c1ccccc1. The number of benzene rings is 3. The van der Waals surface area contributed by atoms with E-state index in [0.717, 1.165) is 34.5 Å². The number of aromatic hydroxyl groups is 1. The number of phenolic OH excluding ortho intramolecular Hbond substituents is 1. The Bertz CT molecular complexity index is 1220. The number of hydrogen-bond donors (Lipinski definition) is 2. The third-order valence-corrected chi connectivity index (χ3v) is 6.04. The van der Waals surface area contributed by atoms with Gasteiger partial charge < -0.3 is 10.4 Å².